The van der Waals surface area contributed by atoms with Crippen molar-refractivity contribution in [3.8, 4) is 0 Å². The second kappa shape index (κ2) is 7.12. The molecule has 1 amide bonds. The van der Waals surface area contributed by atoms with E-state index in [4.69, 9.17) is 5.84 Å². The Kier molecular flexibility index (Phi) is 6.10. The first-order chi connectivity index (χ1) is 7.22. The molecule has 0 aromatic heterocycles. The molecule has 0 bridgehead atoms. The molecule has 0 aromatic carbocycles. The van der Waals surface area contributed by atoms with Crippen molar-refractivity contribution < 1.29 is 4.79 Å². The average molecular weight is 230 g/mol. The second-order valence-corrected chi connectivity index (χ2v) is 5.87. The van der Waals surface area contributed by atoms with Crippen molar-refractivity contribution in [2.45, 2.75) is 50.7 Å². The molecule has 4 heteroatoms. The molecule has 1 atom stereocenters. The first-order valence-corrected chi connectivity index (χ1v) is 6.88. The summed E-state index contributed by atoms with van der Waals surface area (Å²) in [5, 5.41) is 0.572. The molecule has 1 saturated carbocycles. The lowest BCUT2D eigenvalue weighted by molar-refractivity contribution is -0.121. The summed E-state index contributed by atoms with van der Waals surface area (Å²) in [6.45, 7) is 2.20. The summed E-state index contributed by atoms with van der Waals surface area (Å²) >= 11 is 2.01. The summed E-state index contributed by atoms with van der Waals surface area (Å²) in [6.07, 6.45) is 7.12. The number of hydrazine groups is 1. The van der Waals surface area contributed by atoms with Crippen molar-refractivity contribution in [2.24, 2.45) is 11.8 Å². The molecule has 0 heterocycles. The third kappa shape index (κ3) is 5.42. The number of nitrogens with two attached hydrogens (primary N) is 1. The van der Waals surface area contributed by atoms with E-state index < -0.39 is 0 Å². The SMILES string of the molecule is CC(CCC(=O)NN)SCC1CCCC1. The van der Waals surface area contributed by atoms with Crippen molar-refractivity contribution in [1.29, 1.82) is 0 Å². The molecular weight excluding hydrogens is 208 g/mol. The highest BCUT2D eigenvalue weighted by molar-refractivity contribution is 7.99. The third-order valence-corrected chi connectivity index (χ3v) is 4.50. The zero-order valence-corrected chi connectivity index (χ0v) is 10.3. The lowest BCUT2D eigenvalue weighted by Crippen LogP contribution is -2.30. The molecule has 3 nitrogen and oxygen atoms in total. The van der Waals surface area contributed by atoms with Gasteiger partial charge in [-0.25, -0.2) is 5.84 Å². The molecule has 3 N–H and O–H groups in total. The van der Waals surface area contributed by atoms with Crippen LogP contribution in [0.25, 0.3) is 0 Å². The van der Waals surface area contributed by atoms with Crippen LogP contribution in [-0.4, -0.2) is 16.9 Å². The Bertz CT molecular complexity index is 193. The molecule has 1 rings (SSSR count). The maximum Gasteiger partial charge on any atom is 0.233 e. The van der Waals surface area contributed by atoms with E-state index in [0.29, 0.717) is 11.7 Å². The van der Waals surface area contributed by atoms with Crippen molar-refractivity contribution in [3.63, 3.8) is 0 Å². The van der Waals surface area contributed by atoms with E-state index in [-0.39, 0.29) is 5.91 Å². The van der Waals surface area contributed by atoms with Gasteiger partial charge in [0.25, 0.3) is 0 Å². The van der Waals surface area contributed by atoms with Crippen LogP contribution in [0.3, 0.4) is 0 Å². The largest absolute Gasteiger partial charge is 0.294 e. The van der Waals surface area contributed by atoms with E-state index in [1.807, 2.05) is 11.8 Å². The minimum absolute atomic E-state index is 0.0525. The van der Waals surface area contributed by atoms with Gasteiger partial charge in [-0.1, -0.05) is 19.8 Å². The van der Waals surface area contributed by atoms with Gasteiger partial charge in [0.2, 0.25) is 5.91 Å². The molecule has 15 heavy (non-hydrogen) atoms. The summed E-state index contributed by atoms with van der Waals surface area (Å²) in [5.74, 6) is 7.17. The fraction of sp³-hybridized carbons (Fsp3) is 0.909. The minimum Gasteiger partial charge on any atom is -0.294 e. The number of thioether (sulfide) groups is 1. The van der Waals surface area contributed by atoms with Crippen LogP contribution in [0.4, 0.5) is 0 Å². The third-order valence-electron chi connectivity index (χ3n) is 3.03. The lowest BCUT2D eigenvalue weighted by Gasteiger charge is -2.13. The second-order valence-electron chi connectivity index (χ2n) is 4.40. The highest BCUT2D eigenvalue weighted by Gasteiger charge is 2.16. The molecule has 1 fully saturated rings. The summed E-state index contributed by atoms with van der Waals surface area (Å²) < 4.78 is 0. The van der Waals surface area contributed by atoms with Crippen LogP contribution >= 0.6 is 11.8 Å². The Balaban J connectivity index is 2.02. The van der Waals surface area contributed by atoms with Gasteiger partial charge < -0.3 is 0 Å². The Hall–Kier alpha value is -0.220. The number of amides is 1. The molecule has 1 aliphatic carbocycles. The zero-order valence-electron chi connectivity index (χ0n) is 9.50. The van der Waals surface area contributed by atoms with Gasteiger partial charge in [-0.3, -0.25) is 10.2 Å². The monoisotopic (exact) mass is 230 g/mol. The van der Waals surface area contributed by atoms with Crippen LogP contribution < -0.4 is 11.3 Å². The maximum absolute atomic E-state index is 10.9. The first-order valence-electron chi connectivity index (χ1n) is 5.83. The zero-order chi connectivity index (χ0) is 11.1. The van der Waals surface area contributed by atoms with Gasteiger partial charge in [-0.2, -0.15) is 11.8 Å². The number of nitrogens with one attached hydrogen (secondary N) is 1. The van der Waals surface area contributed by atoms with Crippen LogP contribution in [0, 0.1) is 5.92 Å². The standard InChI is InChI=1S/C11H22N2OS/c1-9(6-7-11(14)13-12)15-8-10-4-2-3-5-10/h9-10H,2-8,12H2,1H3,(H,13,14). The minimum atomic E-state index is -0.0525. The number of rotatable bonds is 6. The van der Waals surface area contributed by atoms with Crippen LogP contribution in [0.5, 0.6) is 0 Å². The molecule has 1 aliphatic rings. The van der Waals surface area contributed by atoms with Crippen molar-refractivity contribution in [1.82, 2.24) is 5.43 Å². The Morgan fingerprint density at radius 2 is 2.20 bits per heavy atom. The molecule has 0 radical (unpaired) electrons. The van der Waals surface area contributed by atoms with Crippen molar-refractivity contribution in [3.05, 3.63) is 0 Å². The number of carbonyl (C=O) groups excluding carboxylic acids is 1. The summed E-state index contributed by atoms with van der Waals surface area (Å²) in [6, 6.07) is 0. The maximum atomic E-state index is 10.9. The van der Waals surface area contributed by atoms with Crippen molar-refractivity contribution in [2.75, 3.05) is 5.75 Å². The van der Waals surface area contributed by atoms with Crippen LogP contribution in [0.2, 0.25) is 0 Å². The van der Waals surface area contributed by atoms with Crippen LogP contribution in [-0.2, 0) is 4.79 Å². The van der Waals surface area contributed by atoms with Crippen LogP contribution in [0.1, 0.15) is 45.4 Å². The Labute approximate surface area is 96.5 Å². The molecule has 88 valence electrons. The molecular formula is C11H22N2OS. The van der Waals surface area contributed by atoms with Gasteiger partial charge >= 0.3 is 0 Å². The van der Waals surface area contributed by atoms with Gasteiger partial charge in [0.15, 0.2) is 0 Å². The van der Waals surface area contributed by atoms with Gasteiger partial charge in [0.1, 0.15) is 0 Å². The summed E-state index contributed by atoms with van der Waals surface area (Å²) in [5.41, 5.74) is 2.17. The highest BCUT2D eigenvalue weighted by atomic mass is 32.2. The van der Waals surface area contributed by atoms with E-state index in [0.717, 1.165) is 12.3 Å². The topological polar surface area (TPSA) is 55.1 Å². The molecule has 0 aliphatic heterocycles. The van der Waals surface area contributed by atoms with Gasteiger partial charge in [-0.15, -0.1) is 0 Å². The Morgan fingerprint density at radius 3 is 2.80 bits per heavy atom. The molecule has 0 spiro atoms. The van der Waals surface area contributed by atoms with E-state index in [9.17, 15) is 4.79 Å². The van der Waals surface area contributed by atoms with Gasteiger partial charge in [0, 0.05) is 11.7 Å². The average Bonchev–Trinajstić information content (AvgIpc) is 2.75. The van der Waals surface area contributed by atoms with E-state index in [1.54, 1.807) is 0 Å². The fourth-order valence-corrected chi connectivity index (χ4v) is 3.19. The van der Waals surface area contributed by atoms with Gasteiger partial charge in [-0.05, 0) is 30.9 Å². The predicted octanol–water partition coefficient (Wildman–Crippen LogP) is 2.07. The van der Waals surface area contributed by atoms with Crippen molar-refractivity contribution >= 4 is 17.7 Å². The normalized spacial score (nSPS) is 19.1. The highest BCUT2D eigenvalue weighted by Crippen LogP contribution is 2.30. The summed E-state index contributed by atoms with van der Waals surface area (Å²) in [4.78, 5) is 10.9. The number of hydrogen-bond donors (Lipinski definition) is 2. The van der Waals surface area contributed by atoms with E-state index >= 15 is 0 Å². The van der Waals surface area contributed by atoms with Crippen LogP contribution in [0.15, 0.2) is 0 Å². The van der Waals surface area contributed by atoms with Gasteiger partial charge in [0.05, 0.1) is 0 Å². The molecule has 0 aromatic rings. The smallest absolute Gasteiger partial charge is 0.233 e. The Morgan fingerprint density at radius 1 is 1.53 bits per heavy atom. The first kappa shape index (κ1) is 12.8. The summed E-state index contributed by atoms with van der Waals surface area (Å²) in [7, 11) is 0. The van der Waals surface area contributed by atoms with E-state index in [1.165, 1.54) is 31.4 Å². The lowest BCUT2D eigenvalue weighted by atomic mass is 10.1. The van der Waals surface area contributed by atoms with E-state index in [2.05, 4.69) is 12.3 Å². The predicted molar refractivity (Wildman–Crippen MR) is 65.4 cm³/mol. The number of carbonyl (C=O) groups is 1. The fourth-order valence-electron chi connectivity index (χ4n) is 1.97. The molecule has 0 saturated heterocycles. The number of hydrogen-bond acceptors (Lipinski definition) is 3. The molecule has 1 unspecified atom stereocenters. The quantitative estimate of drug-likeness (QED) is 0.417.